The first-order chi connectivity index (χ1) is 20.9. The highest BCUT2D eigenvalue weighted by Crippen LogP contribution is 2.37. The van der Waals surface area contributed by atoms with Gasteiger partial charge in [0.25, 0.3) is 23.5 Å². The van der Waals surface area contributed by atoms with Gasteiger partial charge in [-0.05, 0) is 24.3 Å². The second kappa shape index (κ2) is 11.8. The van der Waals surface area contributed by atoms with E-state index >= 15 is 0 Å². The smallest absolute Gasteiger partial charge is 0.295 e. The Labute approximate surface area is 249 Å². The molecule has 0 aliphatic carbocycles. The molecular weight excluding hydrogens is 570 g/mol. The van der Waals surface area contributed by atoms with Gasteiger partial charge in [0.15, 0.2) is 5.13 Å². The maximum absolute atomic E-state index is 13.5. The third kappa shape index (κ3) is 5.45. The number of ketones is 1. The van der Waals surface area contributed by atoms with Gasteiger partial charge in [0, 0.05) is 62.1 Å². The number of amides is 3. The number of methoxy groups -OCH3 is 1. The van der Waals surface area contributed by atoms with Gasteiger partial charge < -0.3 is 19.5 Å². The number of pyridine rings is 2. The van der Waals surface area contributed by atoms with Crippen LogP contribution in [0.15, 0.2) is 73.4 Å². The molecule has 0 radical (unpaired) electrons. The van der Waals surface area contributed by atoms with Crippen LogP contribution < -0.4 is 10.1 Å². The van der Waals surface area contributed by atoms with Crippen molar-refractivity contribution >= 4 is 50.9 Å². The molecule has 5 aromatic rings. The number of Topliss-reactive ketones (excluding diaryl/α,β-unsaturated/α-hetero) is 1. The second-order valence-electron chi connectivity index (χ2n) is 9.63. The summed E-state index contributed by atoms with van der Waals surface area (Å²) in [5.74, 6) is -1.47. The Morgan fingerprint density at radius 3 is 2.35 bits per heavy atom. The number of aromatic nitrogens is 4. The van der Waals surface area contributed by atoms with Crippen LogP contribution in [-0.2, 0) is 4.79 Å². The largest absolute Gasteiger partial charge is 0.494 e. The minimum atomic E-state index is -0.695. The van der Waals surface area contributed by atoms with Crippen molar-refractivity contribution < 1.29 is 23.9 Å². The van der Waals surface area contributed by atoms with Crippen molar-refractivity contribution in [3.8, 4) is 16.3 Å². The molecule has 2 N–H and O–H groups in total. The molecule has 1 fully saturated rings. The lowest BCUT2D eigenvalue weighted by molar-refractivity contribution is -0.127. The van der Waals surface area contributed by atoms with E-state index in [1.807, 2.05) is 6.07 Å². The van der Waals surface area contributed by atoms with Gasteiger partial charge in [-0.1, -0.05) is 29.5 Å². The summed E-state index contributed by atoms with van der Waals surface area (Å²) < 4.78 is 5.50. The molecule has 1 saturated heterocycles. The van der Waals surface area contributed by atoms with Gasteiger partial charge in [-0.3, -0.25) is 29.5 Å². The fourth-order valence-electron chi connectivity index (χ4n) is 4.89. The van der Waals surface area contributed by atoms with Crippen molar-refractivity contribution in [1.29, 1.82) is 0 Å². The topological polar surface area (TPSA) is 150 Å². The van der Waals surface area contributed by atoms with Gasteiger partial charge in [-0.15, -0.1) is 0 Å². The lowest BCUT2D eigenvalue weighted by Gasteiger charge is -2.34. The maximum Gasteiger partial charge on any atom is 0.295 e. The number of piperazine rings is 1. The summed E-state index contributed by atoms with van der Waals surface area (Å²) in [6.45, 7) is 1.13. The Bertz CT molecular complexity index is 1830. The van der Waals surface area contributed by atoms with E-state index < -0.39 is 11.7 Å². The number of hydrogen-bond donors (Lipinski definition) is 2. The van der Waals surface area contributed by atoms with Gasteiger partial charge in [0.05, 0.1) is 34.7 Å². The van der Waals surface area contributed by atoms with Gasteiger partial charge in [0.2, 0.25) is 0 Å². The molecule has 1 aromatic carbocycles. The van der Waals surface area contributed by atoms with Crippen molar-refractivity contribution in [3.05, 3.63) is 90.1 Å². The highest BCUT2D eigenvalue weighted by atomic mass is 32.1. The van der Waals surface area contributed by atoms with Crippen molar-refractivity contribution in [2.24, 2.45) is 0 Å². The number of benzene rings is 1. The van der Waals surface area contributed by atoms with E-state index in [0.717, 1.165) is 0 Å². The number of ether oxygens (including phenoxy) is 1. The number of H-pyrrole nitrogens is 1. The molecule has 1 aliphatic heterocycles. The SMILES string of the molecule is COc1cnc(-c2cnc(NC(=O)c3ccncc3)s2)c2[nH]cc(C(=O)C(=O)N3CCN(C(=O)c4ccccc4)CC3)c12. The molecule has 0 atom stereocenters. The number of hydrogen-bond acceptors (Lipinski definition) is 9. The van der Waals surface area contributed by atoms with E-state index in [1.165, 1.54) is 48.1 Å². The number of anilines is 1. The van der Waals surface area contributed by atoms with Crippen molar-refractivity contribution in [2.75, 3.05) is 38.6 Å². The molecule has 13 heteroatoms. The molecule has 6 rings (SSSR count). The highest BCUT2D eigenvalue weighted by molar-refractivity contribution is 7.19. The van der Waals surface area contributed by atoms with Crippen LogP contribution in [0.4, 0.5) is 5.13 Å². The number of thiazole rings is 1. The van der Waals surface area contributed by atoms with Crippen LogP contribution in [0.5, 0.6) is 5.75 Å². The molecular formula is C30H25N7O5S. The van der Waals surface area contributed by atoms with E-state index in [2.05, 4.69) is 25.3 Å². The summed E-state index contributed by atoms with van der Waals surface area (Å²) in [6, 6.07) is 12.2. The minimum Gasteiger partial charge on any atom is -0.494 e. The van der Waals surface area contributed by atoms with E-state index in [-0.39, 0.29) is 30.5 Å². The fraction of sp³-hybridized carbons (Fsp3) is 0.167. The predicted octanol–water partition coefficient (Wildman–Crippen LogP) is 3.51. The molecule has 0 saturated carbocycles. The second-order valence-corrected chi connectivity index (χ2v) is 10.7. The first-order valence-corrected chi connectivity index (χ1v) is 14.2. The zero-order chi connectivity index (χ0) is 29.9. The third-order valence-electron chi connectivity index (χ3n) is 7.11. The molecule has 3 amide bonds. The molecule has 216 valence electrons. The molecule has 43 heavy (non-hydrogen) atoms. The quantitative estimate of drug-likeness (QED) is 0.214. The monoisotopic (exact) mass is 595 g/mol. The van der Waals surface area contributed by atoms with Crippen molar-refractivity contribution in [2.45, 2.75) is 0 Å². The number of rotatable bonds is 7. The Kier molecular flexibility index (Phi) is 7.62. The first-order valence-electron chi connectivity index (χ1n) is 13.3. The molecule has 4 aromatic heterocycles. The summed E-state index contributed by atoms with van der Waals surface area (Å²) in [7, 11) is 1.46. The summed E-state index contributed by atoms with van der Waals surface area (Å²) in [6.07, 6.45) is 7.59. The van der Waals surface area contributed by atoms with Crippen LogP contribution >= 0.6 is 11.3 Å². The molecule has 0 unspecified atom stereocenters. The average molecular weight is 596 g/mol. The number of aromatic amines is 1. The van der Waals surface area contributed by atoms with Gasteiger partial charge in [0.1, 0.15) is 11.4 Å². The Morgan fingerprint density at radius 1 is 0.907 bits per heavy atom. The third-order valence-corrected chi connectivity index (χ3v) is 8.03. The highest BCUT2D eigenvalue weighted by Gasteiger charge is 2.31. The summed E-state index contributed by atoms with van der Waals surface area (Å²) in [4.78, 5) is 71.7. The van der Waals surface area contributed by atoms with E-state index in [0.29, 0.717) is 56.6 Å². The van der Waals surface area contributed by atoms with Crippen LogP contribution in [0.1, 0.15) is 31.1 Å². The van der Waals surface area contributed by atoms with Gasteiger partial charge in [-0.25, -0.2) is 9.97 Å². The lowest BCUT2D eigenvalue weighted by Crippen LogP contribution is -2.52. The Hall–Kier alpha value is -5.43. The molecule has 1 aliphatic rings. The molecule has 12 nitrogen and oxygen atoms in total. The van der Waals surface area contributed by atoms with Crippen molar-refractivity contribution in [1.82, 2.24) is 29.7 Å². The zero-order valence-corrected chi connectivity index (χ0v) is 23.8. The normalized spacial score (nSPS) is 13.1. The number of nitrogens with one attached hydrogen (secondary N) is 2. The number of carbonyl (C=O) groups is 4. The van der Waals surface area contributed by atoms with Crippen LogP contribution in [-0.4, -0.2) is 86.5 Å². The van der Waals surface area contributed by atoms with Crippen LogP contribution in [0, 0.1) is 0 Å². The minimum absolute atomic E-state index is 0.108. The Morgan fingerprint density at radius 2 is 1.63 bits per heavy atom. The van der Waals surface area contributed by atoms with Crippen LogP contribution in [0.3, 0.4) is 0 Å². The predicted molar refractivity (Wildman–Crippen MR) is 159 cm³/mol. The Balaban J connectivity index is 1.20. The number of nitrogens with zero attached hydrogens (tertiary/aromatic N) is 5. The number of carbonyl (C=O) groups excluding carboxylic acids is 4. The summed E-state index contributed by atoms with van der Waals surface area (Å²) in [5.41, 5.74) is 2.15. The molecule has 0 bridgehead atoms. The van der Waals surface area contributed by atoms with Crippen LogP contribution in [0.25, 0.3) is 21.5 Å². The number of fused-ring (bicyclic) bond motifs is 1. The lowest BCUT2D eigenvalue weighted by atomic mass is 10.1. The molecule has 5 heterocycles. The van der Waals surface area contributed by atoms with E-state index in [9.17, 15) is 19.2 Å². The van der Waals surface area contributed by atoms with Crippen molar-refractivity contribution in [3.63, 3.8) is 0 Å². The van der Waals surface area contributed by atoms with E-state index in [1.54, 1.807) is 47.5 Å². The summed E-state index contributed by atoms with van der Waals surface area (Å²) >= 11 is 1.21. The fourth-order valence-corrected chi connectivity index (χ4v) is 5.70. The maximum atomic E-state index is 13.5. The summed E-state index contributed by atoms with van der Waals surface area (Å²) in [5, 5.41) is 3.54. The first kappa shape index (κ1) is 27.7. The van der Waals surface area contributed by atoms with Gasteiger partial charge in [-0.2, -0.15) is 0 Å². The zero-order valence-electron chi connectivity index (χ0n) is 22.9. The van der Waals surface area contributed by atoms with E-state index in [4.69, 9.17) is 4.74 Å². The van der Waals surface area contributed by atoms with Gasteiger partial charge >= 0.3 is 0 Å². The van der Waals surface area contributed by atoms with Crippen LogP contribution in [0.2, 0.25) is 0 Å². The standard InChI is InChI=1S/C30H25N7O5S/c1-42-21-16-33-24(22-17-34-30(43-22)35-27(39)18-7-9-31-10-8-18)25-23(21)20(15-32-25)26(38)29(41)37-13-11-36(12-14-37)28(40)19-5-3-2-4-6-19/h2-10,15-17,32H,11-14H2,1H3,(H,34,35,39). The average Bonchev–Trinajstić information content (AvgIpc) is 3.72. The molecule has 0 spiro atoms.